The molecule has 0 aliphatic carbocycles. The number of para-hydroxylation sites is 1. The maximum absolute atomic E-state index is 11.7. The Morgan fingerprint density at radius 3 is 2.30 bits per heavy atom. The van der Waals surface area contributed by atoms with Crippen LogP contribution in [0.25, 0.3) is 33.7 Å². The summed E-state index contributed by atoms with van der Waals surface area (Å²) in [7, 11) is -2.40. The van der Waals surface area contributed by atoms with Crippen LogP contribution in [0.5, 0.6) is 5.75 Å². The fraction of sp³-hybridized carbons (Fsp3) is 0.0833. The van der Waals surface area contributed by atoms with Crippen molar-refractivity contribution in [2.24, 2.45) is 5.14 Å². The molecule has 0 unspecified atom stereocenters. The van der Waals surface area contributed by atoms with Gasteiger partial charge in [0.1, 0.15) is 11.4 Å². The summed E-state index contributed by atoms with van der Waals surface area (Å²) in [5.41, 5.74) is 3.58. The van der Waals surface area contributed by atoms with E-state index in [-0.39, 0.29) is 11.3 Å². The van der Waals surface area contributed by atoms with Gasteiger partial charge in [0.05, 0.1) is 29.6 Å². The molecule has 0 radical (unpaired) electrons. The van der Waals surface area contributed by atoms with Crippen molar-refractivity contribution in [1.29, 1.82) is 0 Å². The van der Waals surface area contributed by atoms with Gasteiger partial charge in [-0.3, -0.25) is 4.79 Å². The van der Waals surface area contributed by atoms with Crippen LogP contribution < -0.4 is 9.88 Å². The van der Waals surface area contributed by atoms with Gasteiger partial charge in [-0.05, 0) is 23.8 Å². The van der Waals surface area contributed by atoms with Gasteiger partial charge in [-0.1, -0.05) is 59.8 Å². The number of carboxylic acids is 1. The first-order chi connectivity index (χ1) is 15.8. The SMILES string of the molecule is COc1c(CC(=O)O)cccc1-c1onc(-c2ccccc2)c1-c1ccc(S(N)(=O)=O)cc1. The summed E-state index contributed by atoms with van der Waals surface area (Å²) < 4.78 is 34.7. The summed E-state index contributed by atoms with van der Waals surface area (Å²) in [5, 5.41) is 18.8. The zero-order chi connectivity index (χ0) is 23.6. The Kier molecular flexibility index (Phi) is 5.99. The molecule has 0 fully saturated rings. The summed E-state index contributed by atoms with van der Waals surface area (Å²) in [5.74, 6) is -0.272. The highest BCUT2D eigenvalue weighted by molar-refractivity contribution is 7.89. The van der Waals surface area contributed by atoms with Crippen molar-refractivity contribution in [3.05, 3.63) is 78.4 Å². The Balaban J connectivity index is 1.96. The molecule has 3 N–H and O–H groups in total. The van der Waals surface area contributed by atoms with Gasteiger partial charge in [-0.2, -0.15) is 0 Å². The van der Waals surface area contributed by atoms with Crippen molar-refractivity contribution < 1.29 is 27.6 Å². The third-order valence-electron chi connectivity index (χ3n) is 5.10. The molecule has 1 heterocycles. The number of nitrogens with two attached hydrogens (primary N) is 1. The van der Waals surface area contributed by atoms with Crippen LogP contribution in [0.3, 0.4) is 0 Å². The molecular weight excluding hydrogens is 444 g/mol. The lowest BCUT2D eigenvalue weighted by atomic mass is 9.95. The molecule has 0 spiro atoms. The minimum Gasteiger partial charge on any atom is -0.496 e. The molecule has 0 bridgehead atoms. The number of rotatable bonds is 7. The molecule has 0 atom stereocenters. The minimum atomic E-state index is -3.86. The quantitative estimate of drug-likeness (QED) is 0.423. The van der Waals surface area contributed by atoms with Gasteiger partial charge in [0.2, 0.25) is 10.0 Å². The number of primary sulfonamides is 1. The predicted molar refractivity (Wildman–Crippen MR) is 122 cm³/mol. The summed E-state index contributed by atoms with van der Waals surface area (Å²) >= 11 is 0. The average molecular weight is 464 g/mol. The van der Waals surface area contributed by atoms with Crippen LogP contribution in [-0.2, 0) is 21.2 Å². The van der Waals surface area contributed by atoms with E-state index in [9.17, 15) is 18.3 Å². The Bertz CT molecular complexity index is 1410. The van der Waals surface area contributed by atoms with E-state index >= 15 is 0 Å². The van der Waals surface area contributed by atoms with Gasteiger partial charge in [-0.15, -0.1) is 0 Å². The topological polar surface area (TPSA) is 133 Å². The number of sulfonamides is 1. The molecule has 4 aromatic rings. The first kappa shape index (κ1) is 22.3. The van der Waals surface area contributed by atoms with Crippen LogP contribution in [0.4, 0.5) is 0 Å². The Hall–Kier alpha value is -3.95. The molecule has 0 amide bonds. The van der Waals surface area contributed by atoms with E-state index in [0.29, 0.717) is 39.5 Å². The van der Waals surface area contributed by atoms with Gasteiger partial charge in [-0.25, -0.2) is 13.6 Å². The summed E-state index contributed by atoms with van der Waals surface area (Å²) in [6, 6.07) is 20.6. The summed E-state index contributed by atoms with van der Waals surface area (Å²) in [6.07, 6.45) is -0.227. The standard InChI is InChI=1S/C24H20N2O6S/c1-31-23-17(14-20(27)28)8-5-9-19(23)24-21(15-10-12-18(13-11-15)33(25,29)30)22(26-32-24)16-6-3-2-4-7-16/h2-13H,14H2,1H3,(H,27,28)(H2,25,29,30). The number of methoxy groups -OCH3 is 1. The molecule has 0 saturated heterocycles. The Morgan fingerprint density at radius 2 is 1.70 bits per heavy atom. The van der Waals surface area contributed by atoms with Crippen LogP contribution in [0.15, 0.2) is 82.2 Å². The molecule has 0 saturated carbocycles. The maximum Gasteiger partial charge on any atom is 0.307 e. The van der Waals surface area contributed by atoms with E-state index in [2.05, 4.69) is 5.16 Å². The molecule has 33 heavy (non-hydrogen) atoms. The smallest absolute Gasteiger partial charge is 0.307 e. The molecule has 0 aliphatic heterocycles. The lowest BCUT2D eigenvalue weighted by Crippen LogP contribution is -2.11. The first-order valence-electron chi connectivity index (χ1n) is 9.86. The van der Waals surface area contributed by atoms with Crippen LogP contribution >= 0.6 is 0 Å². The molecule has 1 aromatic heterocycles. The third kappa shape index (κ3) is 4.50. The first-order valence-corrected chi connectivity index (χ1v) is 11.4. The molecular formula is C24H20N2O6S. The average Bonchev–Trinajstić information content (AvgIpc) is 3.23. The highest BCUT2D eigenvalue weighted by atomic mass is 32.2. The number of carbonyl (C=O) groups is 1. The lowest BCUT2D eigenvalue weighted by molar-refractivity contribution is -0.136. The van der Waals surface area contributed by atoms with Crippen LogP contribution in [0.2, 0.25) is 0 Å². The van der Waals surface area contributed by atoms with Crippen molar-refractivity contribution in [1.82, 2.24) is 5.16 Å². The van der Waals surface area contributed by atoms with E-state index in [0.717, 1.165) is 5.56 Å². The number of aliphatic carboxylic acids is 1. The molecule has 8 nitrogen and oxygen atoms in total. The van der Waals surface area contributed by atoms with Crippen LogP contribution in [-0.4, -0.2) is 31.8 Å². The minimum absolute atomic E-state index is 0.0217. The number of hydrogen-bond acceptors (Lipinski definition) is 6. The van der Waals surface area contributed by atoms with Crippen LogP contribution in [0.1, 0.15) is 5.56 Å². The number of aromatic nitrogens is 1. The van der Waals surface area contributed by atoms with E-state index in [1.54, 1.807) is 30.3 Å². The highest BCUT2D eigenvalue weighted by Gasteiger charge is 2.25. The number of hydrogen-bond donors (Lipinski definition) is 2. The second-order valence-corrected chi connectivity index (χ2v) is 8.80. The fourth-order valence-electron chi connectivity index (χ4n) is 3.65. The van der Waals surface area contributed by atoms with Crippen molar-refractivity contribution in [2.45, 2.75) is 11.3 Å². The van der Waals surface area contributed by atoms with Gasteiger partial charge in [0.15, 0.2) is 5.76 Å². The molecule has 3 aromatic carbocycles. The molecule has 0 aliphatic rings. The van der Waals surface area contributed by atoms with Crippen molar-refractivity contribution in [3.8, 4) is 39.5 Å². The van der Waals surface area contributed by atoms with E-state index in [1.807, 2.05) is 30.3 Å². The monoisotopic (exact) mass is 464 g/mol. The van der Waals surface area contributed by atoms with Gasteiger partial charge >= 0.3 is 5.97 Å². The second-order valence-electron chi connectivity index (χ2n) is 7.24. The molecule has 168 valence electrons. The zero-order valence-corrected chi connectivity index (χ0v) is 18.4. The van der Waals surface area contributed by atoms with Crippen molar-refractivity contribution in [2.75, 3.05) is 7.11 Å². The van der Waals surface area contributed by atoms with Crippen molar-refractivity contribution in [3.63, 3.8) is 0 Å². The van der Waals surface area contributed by atoms with Gasteiger partial charge in [0.25, 0.3) is 0 Å². The maximum atomic E-state index is 11.7. The van der Waals surface area contributed by atoms with E-state index in [1.165, 1.54) is 19.2 Å². The summed E-state index contributed by atoms with van der Waals surface area (Å²) in [4.78, 5) is 11.3. The Morgan fingerprint density at radius 1 is 1.00 bits per heavy atom. The zero-order valence-electron chi connectivity index (χ0n) is 17.6. The number of ether oxygens (including phenoxy) is 1. The van der Waals surface area contributed by atoms with Gasteiger partial charge in [0, 0.05) is 11.1 Å². The van der Waals surface area contributed by atoms with E-state index < -0.39 is 16.0 Å². The van der Waals surface area contributed by atoms with Gasteiger partial charge < -0.3 is 14.4 Å². The number of carboxylic acid groups (broad SMARTS) is 1. The number of benzene rings is 3. The van der Waals surface area contributed by atoms with Crippen molar-refractivity contribution >= 4 is 16.0 Å². The van der Waals surface area contributed by atoms with E-state index in [4.69, 9.17) is 14.4 Å². The Labute approximate surface area is 190 Å². The fourth-order valence-corrected chi connectivity index (χ4v) is 4.17. The predicted octanol–water partition coefficient (Wildman–Crippen LogP) is 3.96. The highest BCUT2D eigenvalue weighted by Crippen LogP contribution is 2.44. The largest absolute Gasteiger partial charge is 0.496 e. The molecule has 4 rings (SSSR count). The normalized spacial score (nSPS) is 11.3. The second kappa shape index (κ2) is 8.89. The molecule has 9 heteroatoms. The summed E-state index contributed by atoms with van der Waals surface area (Å²) in [6.45, 7) is 0. The lowest BCUT2D eigenvalue weighted by Gasteiger charge is -2.12. The van der Waals surface area contributed by atoms with Crippen LogP contribution in [0, 0.1) is 0 Å². The number of nitrogens with zero attached hydrogens (tertiary/aromatic N) is 1. The third-order valence-corrected chi connectivity index (χ3v) is 6.03.